The van der Waals surface area contributed by atoms with Gasteiger partial charge in [0.15, 0.2) is 11.0 Å². The Morgan fingerprint density at radius 2 is 2.24 bits per heavy atom. The lowest BCUT2D eigenvalue weighted by atomic mass is 10.5. The van der Waals surface area contributed by atoms with E-state index in [0.717, 1.165) is 0 Å². The lowest BCUT2D eigenvalue weighted by molar-refractivity contribution is -0.119. The van der Waals surface area contributed by atoms with Gasteiger partial charge in [0.1, 0.15) is 0 Å². The highest BCUT2D eigenvalue weighted by atomic mass is 35.5. The van der Waals surface area contributed by atoms with Gasteiger partial charge in [-0.15, -0.1) is 0 Å². The average Bonchev–Trinajstić information content (AvgIpc) is 2.29. The molecule has 6 nitrogen and oxygen atoms in total. The molecule has 7 heteroatoms. The highest BCUT2D eigenvalue weighted by Gasteiger charge is 2.11. The molecule has 1 rings (SSSR count). The predicted octanol–water partition coefficient (Wildman–Crippen LogP) is 0.329. The van der Waals surface area contributed by atoms with Crippen LogP contribution in [0.3, 0.4) is 0 Å². The van der Waals surface area contributed by atoms with Crippen LogP contribution >= 0.6 is 11.6 Å². The first-order valence-electron chi connectivity index (χ1n) is 5.08. The second kappa shape index (κ2) is 7.03. The maximum atomic E-state index is 11.5. The lowest BCUT2D eigenvalue weighted by Crippen LogP contribution is -2.37. The molecule has 1 heterocycles. The molecule has 1 aromatic rings. The van der Waals surface area contributed by atoms with Gasteiger partial charge in [0, 0.05) is 33.1 Å². The lowest BCUT2D eigenvalue weighted by Gasteiger charge is -2.17. The molecule has 0 bridgehead atoms. The second-order valence-corrected chi connectivity index (χ2v) is 3.73. The minimum Gasteiger partial charge on any atom is -0.383 e. The van der Waals surface area contributed by atoms with Gasteiger partial charge in [0.25, 0.3) is 0 Å². The number of anilines is 1. The Morgan fingerprint density at radius 3 is 2.88 bits per heavy atom. The van der Waals surface area contributed by atoms with Crippen LogP contribution in [0.5, 0.6) is 0 Å². The van der Waals surface area contributed by atoms with Gasteiger partial charge in [-0.05, 0) is 0 Å². The molecule has 0 aliphatic heterocycles. The first-order chi connectivity index (χ1) is 8.15. The third-order valence-electron chi connectivity index (χ3n) is 2.01. The van der Waals surface area contributed by atoms with Crippen molar-refractivity contribution in [3.63, 3.8) is 0 Å². The number of likely N-dealkylation sites (N-methyl/N-ethyl adjacent to an activating group) is 1. The van der Waals surface area contributed by atoms with Crippen LogP contribution in [0.4, 0.5) is 5.82 Å². The molecule has 0 saturated carbocycles. The van der Waals surface area contributed by atoms with E-state index >= 15 is 0 Å². The zero-order valence-corrected chi connectivity index (χ0v) is 10.6. The van der Waals surface area contributed by atoms with Crippen LogP contribution in [0, 0.1) is 0 Å². The van der Waals surface area contributed by atoms with Crippen LogP contribution in [0.15, 0.2) is 12.4 Å². The third kappa shape index (κ3) is 4.54. The molecule has 0 saturated heterocycles. The Hall–Kier alpha value is -1.40. The number of hydrogen-bond donors (Lipinski definition) is 1. The normalized spacial score (nSPS) is 10.1. The van der Waals surface area contributed by atoms with Crippen molar-refractivity contribution in [3.8, 4) is 0 Å². The highest BCUT2D eigenvalue weighted by Crippen LogP contribution is 2.17. The largest absolute Gasteiger partial charge is 0.383 e. The van der Waals surface area contributed by atoms with E-state index in [0.29, 0.717) is 19.0 Å². The molecular weight excluding hydrogens is 244 g/mol. The number of nitrogens with one attached hydrogen (secondary N) is 1. The molecule has 0 spiro atoms. The Bertz CT molecular complexity index is 375. The minimum atomic E-state index is -0.119. The van der Waals surface area contributed by atoms with E-state index in [1.165, 1.54) is 12.4 Å². The number of aromatic nitrogens is 2. The summed E-state index contributed by atoms with van der Waals surface area (Å²) in [5.74, 6) is 0.363. The number of carbonyl (C=O) groups is 1. The third-order valence-corrected chi connectivity index (χ3v) is 2.27. The SMILES string of the molecule is COCCNC(=O)CN(C)c1nccnc1Cl. The Balaban J connectivity index is 2.46. The number of carbonyl (C=O) groups excluding carboxylic acids is 1. The Kier molecular flexibility index (Phi) is 5.65. The molecule has 1 aromatic heterocycles. The van der Waals surface area contributed by atoms with E-state index in [9.17, 15) is 4.79 Å². The molecule has 0 aliphatic carbocycles. The first-order valence-corrected chi connectivity index (χ1v) is 5.46. The molecule has 0 atom stereocenters. The monoisotopic (exact) mass is 258 g/mol. The van der Waals surface area contributed by atoms with Crippen LogP contribution < -0.4 is 10.2 Å². The predicted molar refractivity (Wildman–Crippen MR) is 65.2 cm³/mol. The van der Waals surface area contributed by atoms with Crippen molar-refractivity contribution in [1.29, 1.82) is 0 Å². The minimum absolute atomic E-state index is 0.119. The zero-order valence-electron chi connectivity index (χ0n) is 9.81. The number of nitrogens with zero attached hydrogens (tertiary/aromatic N) is 3. The van der Waals surface area contributed by atoms with Crippen molar-refractivity contribution in [3.05, 3.63) is 17.5 Å². The van der Waals surface area contributed by atoms with E-state index in [4.69, 9.17) is 16.3 Å². The number of hydrogen-bond acceptors (Lipinski definition) is 5. The average molecular weight is 259 g/mol. The van der Waals surface area contributed by atoms with Crippen molar-refractivity contribution in [2.45, 2.75) is 0 Å². The summed E-state index contributed by atoms with van der Waals surface area (Å²) < 4.78 is 4.83. The quantitative estimate of drug-likeness (QED) is 0.745. The molecule has 17 heavy (non-hydrogen) atoms. The smallest absolute Gasteiger partial charge is 0.239 e. The Morgan fingerprint density at radius 1 is 1.53 bits per heavy atom. The van der Waals surface area contributed by atoms with E-state index < -0.39 is 0 Å². The van der Waals surface area contributed by atoms with E-state index in [-0.39, 0.29) is 17.6 Å². The maximum Gasteiger partial charge on any atom is 0.239 e. The molecule has 0 unspecified atom stereocenters. The van der Waals surface area contributed by atoms with Crippen LogP contribution in [0.1, 0.15) is 0 Å². The standard InChI is InChI=1S/C10H15ClN4O2/c1-15(7-8(16)12-5-6-17-2)10-9(11)13-3-4-14-10/h3-4H,5-7H2,1-2H3,(H,12,16). The van der Waals surface area contributed by atoms with E-state index in [1.54, 1.807) is 19.1 Å². The van der Waals surface area contributed by atoms with Gasteiger partial charge in [-0.3, -0.25) is 4.79 Å². The molecule has 0 radical (unpaired) electrons. The van der Waals surface area contributed by atoms with Crippen LogP contribution in [-0.4, -0.2) is 49.7 Å². The zero-order chi connectivity index (χ0) is 12.7. The van der Waals surface area contributed by atoms with E-state index in [2.05, 4.69) is 15.3 Å². The molecular formula is C10H15ClN4O2. The van der Waals surface area contributed by atoms with Crippen LogP contribution in [0.2, 0.25) is 5.15 Å². The van der Waals surface area contributed by atoms with E-state index in [1.807, 2.05) is 0 Å². The number of methoxy groups -OCH3 is 1. The molecule has 0 fully saturated rings. The van der Waals surface area contributed by atoms with Gasteiger partial charge < -0.3 is 15.0 Å². The van der Waals surface area contributed by atoms with Gasteiger partial charge in [-0.25, -0.2) is 9.97 Å². The van der Waals surface area contributed by atoms with Crippen molar-refractivity contribution in [2.75, 3.05) is 38.8 Å². The number of rotatable bonds is 6. The van der Waals surface area contributed by atoms with Gasteiger partial charge >= 0.3 is 0 Å². The van der Waals surface area contributed by atoms with Gasteiger partial charge in [0.05, 0.1) is 13.2 Å². The summed E-state index contributed by atoms with van der Waals surface area (Å²) in [6.45, 7) is 1.14. The topological polar surface area (TPSA) is 67.3 Å². The second-order valence-electron chi connectivity index (χ2n) is 3.37. The molecule has 94 valence electrons. The molecule has 1 N–H and O–H groups in total. The van der Waals surface area contributed by atoms with Crippen molar-refractivity contribution >= 4 is 23.3 Å². The summed E-state index contributed by atoms with van der Waals surface area (Å²) in [5.41, 5.74) is 0. The van der Waals surface area contributed by atoms with Crippen molar-refractivity contribution in [1.82, 2.24) is 15.3 Å². The summed E-state index contributed by atoms with van der Waals surface area (Å²) in [5, 5.41) is 2.98. The number of halogens is 1. The van der Waals surface area contributed by atoms with Crippen molar-refractivity contribution in [2.24, 2.45) is 0 Å². The van der Waals surface area contributed by atoms with Crippen LogP contribution in [-0.2, 0) is 9.53 Å². The van der Waals surface area contributed by atoms with Crippen LogP contribution in [0.25, 0.3) is 0 Å². The first kappa shape index (κ1) is 13.7. The summed E-state index contributed by atoms with van der Waals surface area (Å²) >= 11 is 5.86. The molecule has 0 aliphatic rings. The van der Waals surface area contributed by atoms with Gasteiger partial charge in [0.2, 0.25) is 5.91 Å². The Labute approximate surface area is 105 Å². The fourth-order valence-electron chi connectivity index (χ4n) is 1.21. The number of ether oxygens (including phenoxy) is 1. The number of amides is 1. The maximum absolute atomic E-state index is 11.5. The van der Waals surface area contributed by atoms with Crippen molar-refractivity contribution < 1.29 is 9.53 Å². The highest BCUT2D eigenvalue weighted by molar-refractivity contribution is 6.31. The van der Waals surface area contributed by atoms with Gasteiger partial charge in [-0.2, -0.15) is 0 Å². The fraction of sp³-hybridized carbons (Fsp3) is 0.500. The summed E-state index contributed by atoms with van der Waals surface area (Å²) in [6, 6.07) is 0. The summed E-state index contributed by atoms with van der Waals surface area (Å²) in [4.78, 5) is 21.1. The summed E-state index contributed by atoms with van der Waals surface area (Å²) in [6.07, 6.45) is 3.03. The molecule has 1 amide bonds. The van der Waals surface area contributed by atoms with Gasteiger partial charge in [-0.1, -0.05) is 11.6 Å². The fourth-order valence-corrected chi connectivity index (χ4v) is 1.46. The molecule has 0 aromatic carbocycles. The summed E-state index contributed by atoms with van der Waals surface area (Å²) in [7, 11) is 3.31.